The van der Waals surface area contributed by atoms with Gasteiger partial charge in [0, 0.05) is 12.7 Å². The molecule has 1 aromatic rings. The first kappa shape index (κ1) is 12.2. The van der Waals surface area contributed by atoms with Gasteiger partial charge >= 0.3 is 0 Å². The lowest BCUT2D eigenvalue weighted by atomic mass is 10.1. The number of carbonyl (C=O) groups excluding carboxylic acids is 2. The van der Waals surface area contributed by atoms with Gasteiger partial charge in [-0.1, -0.05) is 12.1 Å². The smallest absolute Gasteiger partial charge is 0.261 e. The Morgan fingerprint density at radius 1 is 1.06 bits per heavy atom. The summed E-state index contributed by atoms with van der Waals surface area (Å²) in [6.45, 7) is 0.228. The molecule has 1 aromatic carbocycles. The quantitative estimate of drug-likeness (QED) is 0.619. The predicted octanol–water partition coefficient (Wildman–Crippen LogP) is 0.969. The third-order valence-electron chi connectivity index (χ3n) is 2.62. The molecule has 0 radical (unpaired) electrons. The zero-order valence-electron chi connectivity index (χ0n) is 9.04. The van der Waals surface area contributed by atoms with Gasteiger partial charge in [0.15, 0.2) is 8.38 Å². The molecule has 90 valence electrons. The van der Waals surface area contributed by atoms with Crippen LogP contribution in [0.2, 0.25) is 0 Å². The Hall–Kier alpha value is -1.29. The van der Waals surface area contributed by atoms with Crippen LogP contribution >= 0.6 is 8.38 Å². The van der Waals surface area contributed by atoms with Crippen LogP contribution in [0, 0.1) is 0 Å². The highest BCUT2D eigenvalue weighted by atomic mass is 31.2. The first-order valence-corrected chi connectivity index (χ1v) is 6.65. The van der Waals surface area contributed by atoms with E-state index in [0.717, 1.165) is 4.90 Å². The summed E-state index contributed by atoms with van der Waals surface area (Å²) in [6, 6.07) is 6.68. The second-order valence-electron chi connectivity index (χ2n) is 3.76. The first-order valence-electron chi connectivity index (χ1n) is 5.22. The molecule has 0 spiro atoms. The third kappa shape index (κ3) is 2.36. The van der Waals surface area contributed by atoms with Gasteiger partial charge in [-0.25, -0.2) is 0 Å². The molecule has 2 N–H and O–H groups in total. The van der Waals surface area contributed by atoms with E-state index in [2.05, 4.69) is 0 Å². The number of fused-ring (bicyclic) bond motifs is 1. The standard InChI is InChI=1S/C11H12NO4P/c13-10-8-4-1-2-5-9(8)11(14)12(10)6-3-7-17(15)16/h1-2,4-5,15-16H,3,6-7H2. The molecule has 0 saturated heterocycles. The van der Waals surface area contributed by atoms with Crippen LogP contribution in [0.25, 0.3) is 0 Å². The van der Waals surface area contributed by atoms with E-state index in [1.807, 2.05) is 0 Å². The number of nitrogens with zero attached hydrogens (tertiary/aromatic N) is 1. The zero-order valence-corrected chi connectivity index (χ0v) is 9.93. The Morgan fingerprint density at radius 3 is 2.06 bits per heavy atom. The molecular weight excluding hydrogens is 241 g/mol. The van der Waals surface area contributed by atoms with Crippen molar-refractivity contribution < 1.29 is 19.4 Å². The van der Waals surface area contributed by atoms with Gasteiger partial charge in [0.2, 0.25) is 0 Å². The third-order valence-corrected chi connectivity index (χ3v) is 3.33. The molecule has 2 amide bonds. The van der Waals surface area contributed by atoms with Crippen LogP contribution < -0.4 is 0 Å². The summed E-state index contributed by atoms with van der Waals surface area (Å²) in [5.41, 5.74) is 0.848. The highest BCUT2D eigenvalue weighted by Gasteiger charge is 2.34. The van der Waals surface area contributed by atoms with Crippen molar-refractivity contribution in [2.45, 2.75) is 6.42 Å². The van der Waals surface area contributed by atoms with Crippen molar-refractivity contribution in [3.05, 3.63) is 35.4 Å². The fraction of sp³-hybridized carbons (Fsp3) is 0.273. The van der Waals surface area contributed by atoms with Crippen LogP contribution in [0.1, 0.15) is 27.1 Å². The van der Waals surface area contributed by atoms with Gasteiger partial charge in [-0.05, 0) is 18.6 Å². The fourth-order valence-corrected chi connectivity index (χ4v) is 2.24. The van der Waals surface area contributed by atoms with Crippen LogP contribution in [0.3, 0.4) is 0 Å². The minimum Gasteiger partial charge on any atom is -0.350 e. The summed E-state index contributed by atoms with van der Waals surface area (Å²) >= 11 is 0. The van der Waals surface area contributed by atoms with E-state index in [0.29, 0.717) is 17.5 Å². The Balaban J connectivity index is 2.08. The lowest BCUT2D eigenvalue weighted by molar-refractivity contribution is 0.0654. The van der Waals surface area contributed by atoms with E-state index < -0.39 is 8.38 Å². The molecule has 0 saturated carbocycles. The van der Waals surface area contributed by atoms with Gasteiger partial charge < -0.3 is 9.79 Å². The number of hydrogen-bond donors (Lipinski definition) is 2. The van der Waals surface area contributed by atoms with Crippen LogP contribution in [0.4, 0.5) is 0 Å². The molecule has 0 unspecified atom stereocenters. The SMILES string of the molecule is O=C1c2ccccc2C(=O)N1CCCP(O)O. The van der Waals surface area contributed by atoms with Gasteiger partial charge in [-0.3, -0.25) is 14.5 Å². The molecule has 0 aliphatic carbocycles. The van der Waals surface area contributed by atoms with Crippen LogP contribution in [-0.4, -0.2) is 39.2 Å². The molecule has 0 bridgehead atoms. The molecule has 0 aromatic heterocycles. The van der Waals surface area contributed by atoms with Gasteiger partial charge in [-0.2, -0.15) is 0 Å². The van der Waals surface area contributed by atoms with Crippen LogP contribution in [0.5, 0.6) is 0 Å². The predicted molar refractivity (Wildman–Crippen MR) is 62.7 cm³/mol. The van der Waals surface area contributed by atoms with Gasteiger partial charge in [0.25, 0.3) is 11.8 Å². The molecule has 17 heavy (non-hydrogen) atoms. The number of hydrogen-bond acceptors (Lipinski definition) is 4. The Labute approximate surface area is 99.6 Å². The van der Waals surface area contributed by atoms with E-state index in [-0.39, 0.29) is 24.5 Å². The molecule has 5 nitrogen and oxygen atoms in total. The molecular formula is C11H12NO4P. The summed E-state index contributed by atoms with van der Waals surface area (Å²) in [5, 5.41) is 0. The van der Waals surface area contributed by atoms with Crippen molar-refractivity contribution in [2.75, 3.05) is 12.7 Å². The number of amides is 2. The summed E-state index contributed by atoms with van der Waals surface area (Å²) in [4.78, 5) is 42.4. The number of benzene rings is 1. The number of rotatable bonds is 4. The van der Waals surface area contributed by atoms with Crippen molar-refractivity contribution in [1.82, 2.24) is 4.90 Å². The van der Waals surface area contributed by atoms with Crippen molar-refractivity contribution in [1.29, 1.82) is 0 Å². The highest BCUT2D eigenvalue weighted by Crippen LogP contribution is 2.26. The molecule has 1 aliphatic rings. The Bertz CT molecular complexity index is 426. The van der Waals surface area contributed by atoms with Gasteiger partial charge in [-0.15, -0.1) is 0 Å². The Morgan fingerprint density at radius 2 is 1.59 bits per heavy atom. The van der Waals surface area contributed by atoms with E-state index in [4.69, 9.17) is 9.79 Å². The van der Waals surface area contributed by atoms with Gasteiger partial charge in [0.05, 0.1) is 11.1 Å². The summed E-state index contributed by atoms with van der Waals surface area (Å²) in [5.74, 6) is -0.600. The summed E-state index contributed by atoms with van der Waals surface area (Å²) in [6.07, 6.45) is 0.618. The molecule has 2 rings (SSSR count). The topological polar surface area (TPSA) is 77.8 Å². The fourth-order valence-electron chi connectivity index (χ4n) is 1.81. The van der Waals surface area contributed by atoms with E-state index in [9.17, 15) is 9.59 Å². The van der Waals surface area contributed by atoms with Crippen molar-refractivity contribution in [3.63, 3.8) is 0 Å². The molecule has 0 atom stereocenters. The molecule has 1 heterocycles. The maximum absolute atomic E-state index is 11.9. The normalized spacial score (nSPS) is 14.6. The zero-order chi connectivity index (χ0) is 12.4. The average Bonchev–Trinajstić information content (AvgIpc) is 2.54. The van der Waals surface area contributed by atoms with Crippen molar-refractivity contribution >= 4 is 20.2 Å². The molecule has 1 aliphatic heterocycles. The second-order valence-corrected chi connectivity index (χ2v) is 4.95. The Kier molecular flexibility index (Phi) is 3.52. The van der Waals surface area contributed by atoms with E-state index >= 15 is 0 Å². The minimum atomic E-state index is -1.96. The van der Waals surface area contributed by atoms with Gasteiger partial charge in [0.1, 0.15) is 0 Å². The van der Waals surface area contributed by atoms with Crippen molar-refractivity contribution in [3.8, 4) is 0 Å². The maximum Gasteiger partial charge on any atom is 0.261 e. The second kappa shape index (κ2) is 4.92. The first-order chi connectivity index (χ1) is 8.11. The van der Waals surface area contributed by atoms with E-state index in [1.165, 1.54) is 0 Å². The minimum absolute atomic E-state index is 0.211. The number of imide groups is 1. The number of carbonyl (C=O) groups is 2. The summed E-state index contributed by atoms with van der Waals surface area (Å²) < 4.78 is 0. The monoisotopic (exact) mass is 253 g/mol. The lowest BCUT2D eigenvalue weighted by Gasteiger charge is -2.13. The molecule has 6 heteroatoms. The van der Waals surface area contributed by atoms with Crippen LogP contribution in [0.15, 0.2) is 24.3 Å². The van der Waals surface area contributed by atoms with Crippen molar-refractivity contribution in [2.24, 2.45) is 0 Å². The summed E-state index contributed by atoms with van der Waals surface area (Å²) in [7, 11) is -1.96. The lowest BCUT2D eigenvalue weighted by Crippen LogP contribution is -2.31. The van der Waals surface area contributed by atoms with E-state index in [1.54, 1.807) is 24.3 Å². The maximum atomic E-state index is 11.9. The van der Waals surface area contributed by atoms with Crippen LogP contribution in [-0.2, 0) is 0 Å². The highest BCUT2D eigenvalue weighted by molar-refractivity contribution is 7.45. The molecule has 0 fully saturated rings. The average molecular weight is 253 g/mol. The largest absolute Gasteiger partial charge is 0.350 e.